The lowest BCUT2D eigenvalue weighted by atomic mass is 10.1. The first-order valence-electron chi connectivity index (χ1n) is 8.64. The van der Waals surface area contributed by atoms with Crippen molar-refractivity contribution < 1.29 is 14.3 Å². The van der Waals surface area contributed by atoms with Gasteiger partial charge in [-0.1, -0.05) is 29.8 Å². The van der Waals surface area contributed by atoms with Gasteiger partial charge in [-0.25, -0.2) is 0 Å². The van der Waals surface area contributed by atoms with Gasteiger partial charge < -0.3 is 14.8 Å². The molecule has 1 saturated heterocycles. The molecule has 0 saturated carbocycles. The predicted octanol–water partition coefficient (Wildman–Crippen LogP) is 3.93. The van der Waals surface area contributed by atoms with Crippen molar-refractivity contribution in [3.63, 3.8) is 0 Å². The van der Waals surface area contributed by atoms with Gasteiger partial charge in [-0.05, 0) is 53.7 Å². The molecule has 2 aromatic rings. The summed E-state index contributed by atoms with van der Waals surface area (Å²) in [6.07, 6.45) is 3.76. The summed E-state index contributed by atoms with van der Waals surface area (Å²) in [5.41, 5.74) is 3.06. The van der Waals surface area contributed by atoms with Crippen LogP contribution >= 0.6 is 23.8 Å². The zero-order valence-corrected chi connectivity index (χ0v) is 16.6. The van der Waals surface area contributed by atoms with Crippen molar-refractivity contribution >= 4 is 40.9 Å². The number of carbonyl (C=O) groups is 1. The second kappa shape index (κ2) is 7.66. The van der Waals surface area contributed by atoms with Crippen LogP contribution in [0.4, 0.5) is 0 Å². The maximum atomic E-state index is 12.8. The Morgan fingerprint density at radius 3 is 2.93 bits per heavy atom. The normalized spacial score (nSPS) is 17.1. The molecule has 28 heavy (non-hydrogen) atoms. The highest BCUT2D eigenvalue weighted by Crippen LogP contribution is 2.31. The molecule has 0 atom stereocenters. The number of carbonyl (C=O) groups excluding carboxylic acids is 1. The van der Waals surface area contributed by atoms with Crippen molar-refractivity contribution in [1.29, 1.82) is 0 Å². The number of hydrogen-bond acceptors (Lipinski definition) is 4. The minimum absolute atomic E-state index is 0.189. The molecule has 5 nitrogen and oxygen atoms in total. The topological polar surface area (TPSA) is 50.8 Å². The fourth-order valence-electron chi connectivity index (χ4n) is 3.07. The lowest BCUT2D eigenvalue weighted by molar-refractivity contribution is -0.122. The Labute approximate surface area is 173 Å². The quantitative estimate of drug-likeness (QED) is 0.609. The molecule has 0 aromatic heterocycles. The second-order valence-corrected chi connectivity index (χ2v) is 7.18. The zero-order chi connectivity index (χ0) is 19.7. The van der Waals surface area contributed by atoms with Crippen LogP contribution < -0.4 is 14.8 Å². The van der Waals surface area contributed by atoms with Crippen molar-refractivity contribution in [3.8, 4) is 11.5 Å². The van der Waals surface area contributed by atoms with Gasteiger partial charge in [0, 0.05) is 16.7 Å². The highest BCUT2D eigenvalue weighted by atomic mass is 35.5. The van der Waals surface area contributed by atoms with Crippen LogP contribution in [0.5, 0.6) is 11.5 Å². The Morgan fingerprint density at radius 1 is 1.32 bits per heavy atom. The molecule has 0 radical (unpaired) electrons. The van der Waals surface area contributed by atoms with E-state index in [-0.39, 0.29) is 5.91 Å². The number of benzene rings is 2. The molecule has 2 aromatic carbocycles. The molecule has 1 amide bonds. The number of halogens is 1. The van der Waals surface area contributed by atoms with E-state index in [0.29, 0.717) is 29.0 Å². The molecule has 2 aliphatic rings. The molecule has 1 N–H and O–H groups in total. The van der Waals surface area contributed by atoms with Crippen LogP contribution in [-0.4, -0.2) is 29.6 Å². The second-order valence-electron chi connectivity index (χ2n) is 6.38. The molecule has 142 valence electrons. The molecule has 0 unspecified atom stereocenters. The molecular weight excluding hydrogens is 396 g/mol. The average Bonchev–Trinajstić information content (AvgIpc) is 2.96. The van der Waals surface area contributed by atoms with Crippen LogP contribution in [0.2, 0.25) is 5.02 Å². The van der Waals surface area contributed by atoms with Crippen LogP contribution in [0.15, 0.2) is 59.8 Å². The molecule has 0 spiro atoms. The van der Waals surface area contributed by atoms with Crippen molar-refractivity contribution in [2.24, 2.45) is 0 Å². The minimum Gasteiger partial charge on any atom is -0.497 e. The van der Waals surface area contributed by atoms with E-state index in [1.54, 1.807) is 19.3 Å². The summed E-state index contributed by atoms with van der Waals surface area (Å²) in [4.78, 5) is 14.3. The third kappa shape index (κ3) is 3.61. The lowest BCUT2D eigenvalue weighted by Gasteiger charge is -2.17. The first-order chi connectivity index (χ1) is 13.5. The van der Waals surface area contributed by atoms with Crippen LogP contribution in [0.1, 0.15) is 11.1 Å². The van der Waals surface area contributed by atoms with Gasteiger partial charge in [0.2, 0.25) is 0 Å². The molecule has 0 aliphatic carbocycles. The number of ether oxygens (including phenoxy) is 2. The molecule has 1 fully saturated rings. The van der Waals surface area contributed by atoms with Gasteiger partial charge >= 0.3 is 0 Å². The molecule has 7 heteroatoms. The third-order valence-electron chi connectivity index (χ3n) is 4.53. The number of amides is 1. The summed E-state index contributed by atoms with van der Waals surface area (Å²) >= 11 is 11.5. The van der Waals surface area contributed by atoms with Crippen LogP contribution in [-0.2, 0) is 11.3 Å². The summed E-state index contributed by atoms with van der Waals surface area (Å²) in [5, 5.41) is 3.95. The molecule has 2 aliphatic heterocycles. The van der Waals surface area contributed by atoms with Crippen LogP contribution in [0.25, 0.3) is 6.08 Å². The summed E-state index contributed by atoms with van der Waals surface area (Å²) in [6.45, 7) is 0.676. The largest absolute Gasteiger partial charge is 0.497 e. The van der Waals surface area contributed by atoms with E-state index in [1.165, 1.54) is 4.90 Å². The van der Waals surface area contributed by atoms with Crippen LogP contribution in [0, 0.1) is 0 Å². The van der Waals surface area contributed by atoms with Gasteiger partial charge in [-0.3, -0.25) is 9.69 Å². The van der Waals surface area contributed by atoms with E-state index in [2.05, 4.69) is 5.32 Å². The van der Waals surface area contributed by atoms with Crippen LogP contribution in [0.3, 0.4) is 0 Å². The predicted molar refractivity (Wildman–Crippen MR) is 112 cm³/mol. The highest BCUT2D eigenvalue weighted by Gasteiger charge is 2.31. The van der Waals surface area contributed by atoms with E-state index >= 15 is 0 Å². The average molecular weight is 413 g/mol. The molecular formula is C21H17ClN2O3S. The number of rotatable bonds is 4. The minimum atomic E-state index is -0.189. The maximum Gasteiger partial charge on any atom is 0.276 e. The Morgan fingerprint density at radius 2 is 2.14 bits per heavy atom. The SMILES string of the molecule is COc1ccc2c(c1)OCC(/C=C1\NC(=S)N(Cc3ccccc3Cl)C1=O)=C2. The standard InChI is InChI=1S/C21H17ClN2O3S/c1-26-16-7-6-14-8-13(12-27-19(14)10-16)9-18-20(25)24(21(28)23-18)11-15-4-2-3-5-17(15)22/h2-10H,11-12H2,1H3,(H,23,28)/b18-9-. The van der Waals surface area contributed by atoms with Gasteiger partial charge in [0.1, 0.15) is 23.8 Å². The van der Waals surface area contributed by atoms with Gasteiger partial charge in [0.05, 0.1) is 13.7 Å². The highest BCUT2D eigenvalue weighted by molar-refractivity contribution is 7.80. The first-order valence-corrected chi connectivity index (χ1v) is 9.43. The Kier molecular flexibility index (Phi) is 5.07. The van der Waals surface area contributed by atoms with E-state index < -0.39 is 0 Å². The summed E-state index contributed by atoms with van der Waals surface area (Å²) in [5.74, 6) is 1.30. The van der Waals surface area contributed by atoms with Crippen molar-refractivity contribution in [2.45, 2.75) is 6.54 Å². The van der Waals surface area contributed by atoms with Gasteiger partial charge in [0.25, 0.3) is 5.91 Å². The number of thiocarbonyl (C=S) groups is 1. The Bertz CT molecular complexity index is 1030. The van der Waals surface area contributed by atoms with Gasteiger partial charge in [-0.15, -0.1) is 0 Å². The Hall–Kier alpha value is -2.83. The monoisotopic (exact) mass is 412 g/mol. The smallest absolute Gasteiger partial charge is 0.276 e. The number of methoxy groups -OCH3 is 1. The number of fused-ring (bicyclic) bond motifs is 1. The van der Waals surface area contributed by atoms with Crippen molar-refractivity contribution in [3.05, 3.63) is 76.0 Å². The third-order valence-corrected chi connectivity index (χ3v) is 5.23. The van der Waals surface area contributed by atoms with Gasteiger partial charge in [0.15, 0.2) is 5.11 Å². The van der Waals surface area contributed by atoms with E-state index in [0.717, 1.165) is 28.2 Å². The molecule has 2 heterocycles. The fraction of sp³-hybridized carbons (Fsp3) is 0.143. The fourth-order valence-corrected chi connectivity index (χ4v) is 3.52. The summed E-state index contributed by atoms with van der Waals surface area (Å²) in [7, 11) is 1.62. The zero-order valence-electron chi connectivity index (χ0n) is 15.1. The van der Waals surface area contributed by atoms with Crippen molar-refractivity contribution in [1.82, 2.24) is 10.2 Å². The number of hydrogen-bond donors (Lipinski definition) is 1. The Balaban J connectivity index is 1.55. The van der Waals surface area contributed by atoms with Crippen molar-refractivity contribution in [2.75, 3.05) is 13.7 Å². The molecule has 4 rings (SSSR count). The summed E-state index contributed by atoms with van der Waals surface area (Å²) in [6, 6.07) is 13.0. The van der Waals surface area contributed by atoms with Gasteiger partial charge in [-0.2, -0.15) is 0 Å². The first kappa shape index (κ1) is 18.5. The van der Waals surface area contributed by atoms with E-state index in [4.69, 9.17) is 33.3 Å². The number of nitrogens with zero attached hydrogens (tertiary/aromatic N) is 1. The summed E-state index contributed by atoms with van der Waals surface area (Å²) < 4.78 is 11.0. The van der Waals surface area contributed by atoms with E-state index in [9.17, 15) is 4.79 Å². The molecule has 0 bridgehead atoms. The van der Waals surface area contributed by atoms with E-state index in [1.807, 2.05) is 42.5 Å². The lowest BCUT2D eigenvalue weighted by Crippen LogP contribution is -2.30. The number of nitrogens with one attached hydrogen (secondary N) is 1. The maximum absolute atomic E-state index is 12.8.